The third kappa shape index (κ3) is 2.19. The van der Waals surface area contributed by atoms with Gasteiger partial charge in [-0.1, -0.05) is 18.2 Å². The maximum atomic E-state index is 5.73. The van der Waals surface area contributed by atoms with Gasteiger partial charge in [-0.25, -0.2) is 9.97 Å². The van der Waals surface area contributed by atoms with Crippen LogP contribution >= 0.6 is 0 Å². The normalized spacial score (nSPS) is 17.6. The minimum atomic E-state index is 0.497. The first-order valence-corrected chi connectivity index (χ1v) is 6.66. The third-order valence-corrected chi connectivity index (χ3v) is 3.62. The van der Waals surface area contributed by atoms with Crippen LogP contribution in [0.25, 0.3) is 0 Å². The van der Waals surface area contributed by atoms with Crippen LogP contribution < -0.4 is 10.6 Å². The monoisotopic (exact) mass is 254 g/mol. The van der Waals surface area contributed by atoms with Crippen LogP contribution in [0.1, 0.15) is 23.7 Å². The van der Waals surface area contributed by atoms with Crippen molar-refractivity contribution in [2.45, 2.75) is 19.3 Å². The van der Waals surface area contributed by atoms with Gasteiger partial charge in [0.25, 0.3) is 0 Å². The Hall–Kier alpha value is -1.94. The molecule has 1 aliphatic rings. The van der Waals surface area contributed by atoms with Crippen LogP contribution in [0.3, 0.4) is 0 Å². The molecule has 0 radical (unpaired) electrons. The molecule has 0 amide bonds. The van der Waals surface area contributed by atoms with E-state index in [1.807, 2.05) is 19.2 Å². The minimum absolute atomic E-state index is 0.497. The summed E-state index contributed by atoms with van der Waals surface area (Å²) >= 11 is 0. The molecule has 1 atom stereocenters. The molecule has 1 unspecified atom stereocenters. The Morgan fingerprint density at radius 3 is 2.95 bits per heavy atom. The molecule has 19 heavy (non-hydrogen) atoms. The van der Waals surface area contributed by atoms with Crippen molar-refractivity contribution in [3.63, 3.8) is 0 Å². The van der Waals surface area contributed by atoms with Gasteiger partial charge >= 0.3 is 0 Å². The molecule has 4 nitrogen and oxygen atoms in total. The SMILES string of the molecule is Cc1nccc(N2CC(CCN)c3ccccc32)n1. The minimum Gasteiger partial charge on any atom is -0.330 e. The molecule has 2 N–H and O–H groups in total. The summed E-state index contributed by atoms with van der Waals surface area (Å²) in [6, 6.07) is 10.5. The molecule has 4 heteroatoms. The van der Waals surface area contributed by atoms with E-state index in [1.54, 1.807) is 0 Å². The highest BCUT2D eigenvalue weighted by Gasteiger charge is 2.29. The Labute approximate surface area is 113 Å². The zero-order valence-electron chi connectivity index (χ0n) is 11.1. The number of hydrogen-bond acceptors (Lipinski definition) is 4. The number of aryl methyl sites for hydroxylation is 1. The van der Waals surface area contributed by atoms with Crippen molar-refractivity contribution >= 4 is 11.5 Å². The van der Waals surface area contributed by atoms with Crippen LogP contribution in [0.5, 0.6) is 0 Å². The fraction of sp³-hybridized carbons (Fsp3) is 0.333. The topological polar surface area (TPSA) is 55.0 Å². The Kier molecular flexibility index (Phi) is 3.17. The Balaban J connectivity index is 2.00. The number of hydrogen-bond donors (Lipinski definition) is 1. The average Bonchev–Trinajstić information content (AvgIpc) is 2.79. The van der Waals surface area contributed by atoms with E-state index in [2.05, 4.69) is 39.1 Å². The molecule has 0 bridgehead atoms. The summed E-state index contributed by atoms with van der Waals surface area (Å²) in [6.07, 6.45) is 2.83. The van der Waals surface area contributed by atoms with E-state index < -0.39 is 0 Å². The molecule has 0 aliphatic carbocycles. The molecule has 3 rings (SSSR count). The molecule has 98 valence electrons. The molecule has 2 heterocycles. The van der Waals surface area contributed by atoms with Crippen LogP contribution in [0, 0.1) is 6.92 Å². The summed E-state index contributed by atoms with van der Waals surface area (Å²) in [5.74, 6) is 2.27. The van der Waals surface area contributed by atoms with Crippen molar-refractivity contribution in [3.8, 4) is 0 Å². The highest BCUT2D eigenvalue weighted by molar-refractivity contribution is 5.68. The van der Waals surface area contributed by atoms with Gasteiger partial charge in [0.15, 0.2) is 0 Å². The molecule has 2 aromatic rings. The quantitative estimate of drug-likeness (QED) is 0.913. The van der Waals surface area contributed by atoms with Gasteiger partial charge in [-0.2, -0.15) is 0 Å². The number of fused-ring (bicyclic) bond motifs is 1. The van der Waals surface area contributed by atoms with E-state index >= 15 is 0 Å². The lowest BCUT2D eigenvalue weighted by molar-refractivity contribution is 0.666. The zero-order chi connectivity index (χ0) is 13.2. The molecule has 1 aromatic heterocycles. The number of para-hydroxylation sites is 1. The molecule has 0 fully saturated rings. The highest BCUT2D eigenvalue weighted by atomic mass is 15.2. The summed E-state index contributed by atoms with van der Waals surface area (Å²) in [7, 11) is 0. The lowest BCUT2D eigenvalue weighted by Gasteiger charge is -2.18. The fourth-order valence-electron chi connectivity index (χ4n) is 2.75. The molecule has 0 saturated heterocycles. The number of benzene rings is 1. The van der Waals surface area contributed by atoms with Crippen LogP contribution in [-0.4, -0.2) is 23.1 Å². The summed E-state index contributed by atoms with van der Waals surface area (Å²) in [6.45, 7) is 3.59. The van der Waals surface area contributed by atoms with E-state index in [0.717, 1.165) is 31.2 Å². The fourth-order valence-corrected chi connectivity index (χ4v) is 2.75. The van der Waals surface area contributed by atoms with Gasteiger partial charge in [0.05, 0.1) is 0 Å². The number of anilines is 2. The van der Waals surface area contributed by atoms with E-state index in [1.165, 1.54) is 11.3 Å². The van der Waals surface area contributed by atoms with Crippen LogP contribution in [0.2, 0.25) is 0 Å². The van der Waals surface area contributed by atoms with Crippen molar-refractivity contribution in [2.24, 2.45) is 5.73 Å². The molecule has 0 saturated carbocycles. The number of nitrogens with zero attached hydrogens (tertiary/aromatic N) is 3. The van der Waals surface area contributed by atoms with Gasteiger partial charge in [-0.3, -0.25) is 0 Å². The lowest BCUT2D eigenvalue weighted by atomic mass is 9.98. The second kappa shape index (κ2) is 4.97. The maximum Gasteiger partial charge on any atom is 0.136 e. The number of nitrogens with two attached hydrogens (primary N) is 1. The van der Waals surface area contributed by atoms with E-state index in [9.17, 15) is 0 Å². The maximum absolute atomic E-state index is 5.73. The molecule has 1 aliphatic heterocycles. The Bertz CT molecular complexity index is 582. The van der Waals surface area contributed by atoms with Crippen LogP contribution in [0.4, 0.5) is 11.5 Å². The first-order chi connectivity index (χ1) is 9.29. The summed E-state index contributed by atoms with van der Waals surface area (Å²) in [4.78, 5) is 11.0. The van der Waals surface area contributed by atoms with E-state index in [4.69, 9.17) is 5.73 Å². The van der Waals surface area contributed by atoms with Crippen LogP contribution in [-0.2, 0) is 0 Å². The van der Waals surface area contributed by atoms with Gasteiger partial charge in [0.1, 0.15) is 11.6 Å². The number of rotatable bonds is 3. The summed E-state index contributed by atoms with van der Waals surface area (Å²) in [5, 5.41) is 0. The molecule has 1 aromatic carbocycles. The molecular formula is C15H18N4. The standard InChI is InChI=1S/C15H18N4/c1-11-17-9-7-15(18-11)19-10-12(6-8-16)13-4-2-3-5-14(13)19/h2-5,7,9,12H,6,8,10,16H2,1H3. The summed E-state index contributed by atoms with van der Waals surface area (Å²) < 4.78 is 0. The van der Waals surface area contributed by atoms with Crippen molar-refractivity contribution in [1.29, 1.82) is 0 Å². The predicted molar refractivity (Wildman–Crippen MR) is 76.6 cm³/mol. The van der Waals surface area contributed by atoms with Crippen LogP contribution in [0.15, 0.2) is 36.5 Å². The van der Waals surface area contributed by atoms with Gasteiger partial charge in [-0.05, 0) is 37.6 Å². The van der Waals surface area contributed by atoms with Gasteiger partial charge in [-0.15, -0.1) is 0 Å². The van der Waals surface area contributed by atoms with Crippen molar-refractivity contribution < 1.29 is 0 Å². The second-order valence-electron chi connectivity index (χ2n) is 4.91. The van der Waals surface area contributed by atoms with Crippen molar-refractivity contribution in [3.05, 3.63) is 47.9 Å². The van der Waals surface area contributed by atoms with Crippen molar-refractivity contribution in [2.75, 3.05) is 18.0 Å². The Morgan fingerprint density at radius 2 is 2.16 bits per heavy atom. The second-order valence-corrected chi connectivity index (χ2v) is 4.91. The first-order valence-electron chi connectivity index (χ1n) is 6.66. The predicted octanol–water partition coefficient (Wildman–Crippen LogP) is 2.37. The van der Waals surface area contributed by atoms with Gasteiger partial charge < -0.3 is 10.6 Å². The summed E-state index contributed by atoms with van der Waals surface area (Å²) in [5.41, 5.74) is 8.36. The highest BCUT2D eigenvalue weighted by Crippen LogP contribution is 2.41. The van der Waals surface area contributed by atoms with Gasteiger partial charge in [0, 0.05) is 24.3 Å². The first kappa shape index (κ1) is 12.1. The third-order valence-electron chi connectivity index (χ3n) is 3.62. The van der Waals surface area contributed by atoms with Crippen molar-refractivity contribution in [1.82, 2.24) is 9.97 Å². The van der Waals surface area contributed by atoms with Gasteiger partial charge in [0.2, 0.25) is 0 Å². The van der Waals surface area contributed by atoms with E-state index in [-0.39, 0.29) is 0 Å². The largest absolute Gasteiger partial charge is 0.330 e. The smallest absolute Gasteiger partial charge is 0.136 e. The number of aromatic nitrogens is 2. The average molecular weight is 254 g/mol. The molecular weight excluding hydrogens is 236 g/mol. The zero-order valence-corrected chi connectivity index (χ0v) is 11.1. The Morgan fingerprint density at radius 1 is 1.32 bits per heavy atom. The van der Waals surface area contributed by atoms with E-state index in [0.29, 0.717) is 5.92 Å². The molecule has 0 spiro atoms. The lowest BCUT2D eigenvalue weighted by Crippen LogP contribution is -2.18.